The van der Waals surface area contributed by atoms with E-state index in [1.807, 2.05) is 6.07 Å². The second-order valence-electron chi connectivity index (χ2n) is 2.92. The lowest BCUT2D eigenvalue weighted by atomic mass is 10.1. The van der Waals surface area contributed by atoms with Crippen LogP contribution >= 0.6 is 0 Å². The third kappa shape index (κ3) is 3.09. The molecule has 0 aliphatic heterocycles. The van der Waals surface area contributed by atoms with Crippen LogP contribution in [0, 0.1) is 0 Å². The molecule has 0 saturated carbocycles. The molecule has 1 rings (SSSR count). The first-order valence-electron chi connectivity index (χ1n) is 4.71. The molecular weight excluding hydrogens is 194 g/mol. The number of carbonyl (C=O) groups is 2. The molecule has 1 atom stereocenters. The predicted octanol–water partition coefficient (Wildman–Crippen LogP) is 1.04. The highest BCUT2D eigenvalue weighted by molar-refractivity contribution is 5.83. The van der Waals surface area contributed by atoms with Crippen LogP contribution in [0.25, 0.3) is 0 Å². The number of likely N-dealkylation sites (N-methyl/N-ethyl adjacent to an activating group) is 1. The number of nitrogens with one attached hydrogen (secondary N) is 1. The summed E-state index contributed by atoms with van der Waals surface area (Å²) >= 11 is 0. The summed E-state index contributed by atoms with van der Waals surface area (Å²) in [4.78, 5) is 21.8. The van der Waals surface area contributed by atoms with E-state index in [-0.39, 0.29) is 12.4 Å². The Balaban J connectivity index is 2.82. The van der Waals surface area contributed by atoms with Crippen LogP contribution in [0.3, 0.4) is 0 Å². The zero-order chi connectivity index (χ0) is 11.1. The van der Waals surface area contributed by atoms with E-state index in [0.29, 0.717) is 12.1 Å². The zero-order valence-corrected chi connectivity index (χ0v) is 8.47. The van der Waals surface area contributed by atoms with E-state index in [2.05, 4.69) is 5.32 Å². The van der Waals surface area contributed by atoms with Gasteiger partial charge in [-0.2, -0.15) is 0 Å². The van der Waals surface area contributed by atoms with E-state index in [9.17, 15) is 9.59 Å². The highest BCUT2D eigenvalue weighted by Crippen LogP contribution is 2.15. The Morgan fingerprint density at radius 2 is 2.13 bits per heavy atom. The number of benzene rings is 1. The topological polar surface area (TPSA) is 55.4 Å². The smallest absolute Gasteiger partial charge is 0.294 e. The lowest BCUT2D eigenvalue weighted by Gasteiger charge is -2.14. The number of rotatable bonds is 5. The Morgan fingerprint density at radius 3 is 2.67 bits per heavy atom. The molecule has 1 aromatic carbocycles. The monoisotopic (exact) mass is 207 g/mol. The minimum Gasteiger partial charge on any atom is -0.449 e. The average molecular weight is 207 g/mol. The highest BCUT2D eigenvalue weighted by Gasteiger charge is 2.20. The van der Waals surface area contributed by atoms with Gasteiger partial charge in [-0.1, -0.05) is 30.3 Å². The Hall–Kier alpha value is -1.84. The maximum Gasteiger partial charge on any atom is 0.294 e. The Labute approximate surface area is 88.2 Å². The summed E-state index contributed by atoms with van der Waals surface area (Å²) < 4.78 is 4.75. The van der Waals surface area contributed by atoms with Crippen molar-refractivity contribution < 1.29 is 14.3 Å². The second-order valence-corrected chi connectivity index (χ2v) is 2.92. The van der Waals surface area contributed by atoms with Crippen molar-refractivity contribution in [3.63, 3.8) is 0 Å². The van der Waals surface area contributed by atoms with E-state index >= 15 is 0 Å². The molecule has 0 spiro atoms. The van der Waals surface area contributed by atoms with Crippen molar-refractivity contribution in [1.29, 1.82) is 0 Å². The zero-order valence-electron chi connectivity index (χ0n) is 8.47. The molecule has 15 heavy (non-hydrogen) atoms. The van der Waals surface area contributed by atoms with Gasteiger partial charge in [0.1, 0.15) is 0 Å². The van der Waals surface area contributed by atoms with Gasteiger partial charge in [-0.05, 0) is 6.92 Å². The number of hydrogen-bond donors (Lipinski definition) is 1. The van der Waals surface area contributed by atoms with E-state index in [1.165, 1.54) is 0 Å². The molecule has 0 heterocycles. The maximum absolute atomic E-state index is 11.5. The van der Waals surface area contributed by atoms with Gasteiger partial charge in [-0.25, -0.2) is 0 Å². The molecule has 0 aliphatic carbocycles. The number of carbonyl (C=O) groups excluding carboxylic acids is 2. The summed E-state index contributed by atoms with van der Waals surface area (Å²) in [7, 11) is 0. The van der Waals surface area contributed by atoms with E-state index in [4.69, 9.17) is 4.74 Å². The minimum atomic E-state index is -0.858. The lowest BCUT2D eigenvalue weighted by molar-refractivity contribution is -0.145. The molecule has 1 amide bonds. The average Bonchev–Trinajstić information content (AvgIpc) is 2.27. The van der Waals surface area contributed by atoms with Gasteiger partial charge in [0.2, 0.25) is 6.10 Å². The van der Waals surface area contributed by atoms with Gasteiger partial charge >= 0.3 is 0 Å². The SMILES string of the molecule is CCNC(=O)C(OC=O)c1ccccc1. The maximum atomic E-state index is 11.5. The van der Waals surface area contributed by atoms with Crippen LogP contribution in [0.4, 0.5) is 0 Å². The van der Waals surface area contributed by atoms with Crippen molar-refractivity contribution in [2.45, 2.75) is 13.0 Å². The van der Waals surface area contributed by atoms with Gasteiger partial charge in [0.15, 0.2) is 0 Å². The standard InChI is InChI=1S/C11H13NO3/c1-2-12-11(14)10(15-8-13)9-6-4-3-5-7-9/h3-8,10H,2H2,1H3,(H,12,14). The molecule has 1 aromatic rings. The molecule has 1 unspecified atom stereocenters. The summed E-state index contributed by atoms with van der Waals surface area (Å²) in [6.45, 7) is 2.60. The number of amides is 1. The van der Waals surface area contributed by atoms with Crippen molar-refractivity contribution in [2.24, 2.45) is 0 Å². The largest absolute Gasteiger partial charge is 0.449 e. The van der Waals surface area contributed by atoms with Crippen LogP contribution in [0.15, 0.2) is 30.3 Å². The number of ether oxygens (including phenoxy) is 1. The molecule has 4 nitrogen and oxygen atoms in total. The van der Waals surface area contributed by atoms with Crippen LogP contribution in [0.2, 0.25) is 0 Å². The van der Waals surface area contributed by atoms with E-state index in [1.54, 1.807) is 31.2 Å². The lowest BCUT2D eigenvalue weighted by Crippen LogP contribution is -2.30. The van der Waals surface area contributed by atoms with Gasteiger partial charge in [-0.15, -0.1) is 0 Å². The Bertz CT molecular complexity index is 324. The normalized spacial score (nSPS) is 11.5. The van der Waals surface area contributed by atoms with Crippen LogP contribution in [-0.4, -0.2) is 18.9 Å². The molecule has 0 saturated heterocycles. The summed E-state index contributed by atoms with van der Waals surface area (Å²) in [6, 6.07) is 8.89. The second kappa shape index (κ2) is 5.80. The quantitative estimate of drug-likeness (QED) is 0.734. The first-order chi connectivity index (χ1) is 7.29. The fourth-order valence-electron chi connectivity index (χ4n) is 1.24. The molecule has 0 aromatic heterocycles. The highest BCUT2D eigenvalue weighted by atomic mass is 16.5. The molecule has 4 heteroatoms. The summed E-state index contributed by atoms with van der Waals surface area (Å²) in [5.41, 5.74) is 0.663. The van der Waals surface area contributed by atoms with Crippen molar-refractivity contribution >= 4 is 12.4 Å². The van der Waals surface area contributed by atoms with Crippen molar-refractivity contribution in [2.75, 3.05) is 6.54 Å². The van der Waals surface area contributed by atoms with Gasteiger partial charge in [-0.3, -0.25) is 9.59 Å². The van der Waals surface area contributed by atoms with Crippen LogP contribution < -0.4 is 5.32 Å². The van der Waals surface area contributed by atoms with Crippen molar-refractivity contribution in [3.05, 3.63) is 35.9 Å². The number of hydrogen-bond acceptors (Lipinski definition) is 3. The van der Waals surface area contributed by atoms with Gasteiger partial charge < -0.3 is 10.1 Å². The fourth-order valence-corrected chi connectivity index (χ4v) is 1.24. The van der Waals surface area contributed by atoms with Crippen molar-refractivity contribution in [3.8, 4) is 0 Å². The predicted molar refractivity (Wildman–Crippen MR) is 55.0 cm³/mol. The summed E-state index contributed by atoms with van der Waals surface area (Å²) in [5.74, 6) is -0.309. The minimum absolute atomic E-state index is 0.285. The molecule has 80 valence electrons. The van der Waals surface area contributed by atoms with Gasteiger partial charge in [0.05, 0.1) is 0 Å². The first kappa shape index (κ1) is 11.2. The van der Waals surface area contributed by atoms with Gasteiger partial charge in [0, 0.05) is 12.1 Å². The molecule has 1 N–H and O–H groups in total. The fraction of sp³-hybridized carbons (Fsp3) is 0.273. The van der Waals surface area contributed by atoms with E-state index < -0.39 is 6.10 Å². The van der Waals surface area contributed by atoms with E-state index in [0.717, 1.165) is 0 Å². The van der Waals surface area contributed by atoms with Crippen LogP contribution in [0.1, 0.15) is 18.6 Å². The Kier molecular flexibility index (Phi) is 4.34. The summed E-state index contributed by atoms with van der Waals surface area (Å²) in [5, 5.41) is 2.61. The Morgan fingerprint density at radius 1 is 1.47 bits per heavy atom. The summed E-state index contributed by atoms with van der Waals surface area (Å²) in [6.07, 6.45) is -0.858. The third-order valence-electron chi connectivity index (χ3n) is 1.88. The molecule has 0 radical (unpaired) electrons. The molecule has 0 bridgehead atoms. The third-order valence-corrected chi connectivity index (χ3v) is 1.88. The van der Waals surface area contributed by atoms with Crippen LogP contribution in [0.5, 0.6) is 0 Å². The molecular formula is C11H13NO3. The van der Waals surface area contributed by atoms with Crippen molar-refractivity contribution in [1.82, 2.24) is 5.32 Å². The van der Waals surface area contributed by atoms with Gasteiger partial charge in [0.25, 0.3) is 12.4 Å². The molecule has 0 aliphatic rings. The molecule has 0 fully saturated rings. The first-order valence-corrected chi connectivity index (χ1v) is 4.71. The van der Waals surface area contributed by atoms with Crippen LogP contribution in [-0.2, 0) is 14.3 Å².